The van der Waals surface area contributed by atoms with Crippen molar-refractivity contribution < 1.29 is 14.2 Å². The molecule has 1 aliphatic heterocycles. The molecule has 0 amide bonds. The van der Waals surface area contributed by atoms with E-state index in [0.717, 1.165) is 6.42 Å². The Morgan fingerprint density at radius 3 is 2.80 bits per heavy atom. The molecule has 1 heterocycles. The summed E-state index contributed by atoms with van der Waals surface area (Å²) in [6.45, 7) is 0. The lowest BCUT2D eigenvalue weighted by Crippen LogP contribution is -2.15. The van der Waals surface area contributed by atoms with Crippen LogP contribution >= 0.6 is 11.8 Å². The normalized spacial score (nSPS) is 18.6. The summed E-state index contributed by atoms with van der Waals surface area (Å²) in [6.07, 6.45) is -0.0636. The molecule has 0 saturated carbocycles. The van der Waals surface area contributed by atoms with E-state index in [4.69, 9.17) is 4.74 Å². The first-order chi connectivity index (χ1) is 9.69. The number of benzene rings is 2. The van der Waals surface area contributed by atoms with Crippen LogP contribution in [0.15, 0.2) is 47.4 Å². The number of ether oxygens (including phenoxy) is 1. The highest BCUT2D eigenvalue weighted by molar-refractivity contribution is 8.00. The molecular weight excluding hydrogens is 275 g/mol. The standard InChI is InChI=1S/C16H15FO2S/c1-19-11-6-7-12(13(17)9-11)16(18)15-8-10-4-2-3-5-14(10)20-15/h2-7,9,15-16,18H,8H2,1H3. The SMILES string of the molecule is COc1ccc(C(O)C2Cc3ccccc3S2)c(F)c1. The minimum Gasteiger partial charge on any atom is -0.497 e. The van der Waals surface area contributed by atoms with Crippen molar-refractivity contribution in [3.05, 3.63) is 59.4 Å². The van der Waals surface area contributed by atoms with E-state index in [2.05, 4.69) is 6.07 Å². The number of rotatable bonds is 3. The van der Waals surface area contributed by atoms with Gasteiger partial charge >= 0.3 is 0 Å². The molecule has 0 saturated heterocycles. The molecule has 1 N–H and O–H groups in total. The van der Waals surface area contributed by atoms with Gasteiger partial charge in [-0.3, -0.25) is 0 Å². The molecule has 2 unspecified atom stereocenters. The van der Waals surface area contributed by atoms with Crippen LogP contribution in [-0.2, 0) is 6.42 Å². The van der Waals surface area contributed by atoms with Crippen LogP contribution in [0.2, 0.25) is 0 Å². The molecule has 0 spiro atoms. The number of thioether (sulfide) groups is 1. The number of halogens is 1. The van der Waals surface area contributed by atoms with Crippen LogP contribution in [0.25, 0.3) is 0 Å². The lowest BCUT2D eigenvalue weighted by molar-refractivity contribution is 0.170. The number of aliphatic hydroxyl groups excluding tert-OH is 1. The summed E-state index contributed by atoms with van der Waals surface area (Å²) in [5.41, 5.74) is 1.55. The van der Waals surface area contributed by atoms with Gasteiger partial charge in [0.25, 0.3) is 0 Å². The van der Waals surface area contributed by atoms with E-state index in [1.54, 1.807) is 23.9 Å². The van der Waals surface area contributed by atoms with Crippen molar-refractivity contribution in [1.82, 2.24) is 0 Å². The highest BCUT2D eigenvalue weighted by Crippen LogP contribution is 2.43. The summed E-state index contributed by atoms with van der Waals surface area (Å²) >= 11 is 1.61. The molecule has 104 valence electrons. The molecule has 20 heavy (non-hydrogen) atoms. The largest absolute Gasteiger partial charge is 0.497 e. The van der Waals surface area contributed by atoms with Gasteiger partial charge in [0, 0.05) is 21.8 Å². The van der Waals surface area contributed by atoms with Crippen LogP contribution in [0.4, 0.5) is 4.39 Å². The minimum absolute atomic E-state index is 0.0460. The van der Waals surface area contributed by atoms with Crippen molar-refractivity contribution in [2.75, 3.05) is 7.11 Å². The van der Waals surface area contributed by atoms with Gasteiger partial charge in [0.05, 0.1) is 13.2 Å². The van der Waals surface area contributed by atoms with E-state index in [1.807, 2.05) is 18.2 Å². The van der Waals surface area contributed by atoms with E-state index in [9.17, 15) is 9.50 Å². The Bertz CT molecular complexity index is 605. The lowest BCUT2D eigenvalue weighted by Gasteiger charge is -2.18. The van der Waals surface area contributed by atoms with Gasteiger partial charge in [0.2, 0.25) is 0 Å². The molecular formula is C16H15FO2S. The second kappa shape index (κ2) is 5.46. The van der Waals surface area contributed by atoms with E-state index in [0.29, 0.717) is 11.3 Å². The highest BCUT2D eigenvalue weighted by atomic mass is 32.2. The fourth-order valence-electron chi connectivity index (χ4n) is 2.46. The lowest BCUT2D eigenvalue weighted by atomic mass is 10.0. The fraction of sp³-hybridized carbons (Fsp3) is 0.250. The van der Waals surface area contributed by atoms with Crippen molar-refractivity contribution >= 4 is 11.8 Å². The Balaban J connectivity index is 1.82. The summed E-state index contributed by atoms with van der Waals surface area (Å²) in [5.74, 6) is 0.0363. The maximum Gasteiger partial charge on any atom is 0.132 e. The number of hydrogen-bond donors (Lipinski definition) is 1. The summed E-state index contributed by atoms with van der Waals surface area (Å²) in [4.78, 5) is 1.17. The number of aliphatic hydroxyl groups is 1. The van der Waals surface area contributed by atoms with Crippen molar-refractivity contribution in [3.8, 4) is 5.75 Å². The van der Waals surface area contributed by atoms with Gasteiger partial charge in [-0.1, -0.05) is 18.2 Å². The maximum absolute atomic E-state index is 14.0. The van der Waals surface area contributed by atoms with Crippen molar-refractivity contribution in [2.45, 2.75) is 22.7 Å². The average Bonchev–Trinajstić information content (AvgIpc) is 2.90. The smallest absolute Gasteiger partial charge is 0.132 e. The van der Waals surface area contributed by atoms with Crippen LogP contribution in [0.3, 0.4) is 0 Å². The van der Waals surface area contributed by atoms with Gasteiger partial charge in [-0.2, -0.15) is 0 Å². The van der Waals surface area contributed by atoms with Crippen molar-refractivity contribution in [3.63, 3.8) is 0 Å². The number of methoxy groups -OCH3 is 1. The molecule has 2 nitrogen and oxygen atoms in total. The van der Waals surface area contributed by atoms with Crippen LogP contribution < -0.4 is 4.74 Å². The third-order valence-electron chi connectivity index (χ3n) is 3.55. The van der Waals surface area contributed by atoms with E-state index in [-0.39, 0.29) is 5.25 Å². The monoisotopic (exact) mass is 290 g/mol. The highest BCUT2D eigenvalue weighted by Gasteiger charge is 2.30. The van der Waals surface area contributed by atoms with Gasteiger partial charge in [0.1, 0.15) is 11.6 Å². The molecule has 1 aliphatic rings. The average molecular weight is 290 g/mol. The molecule has 2 atom stereocenters. The van der Waals surface area contributed by atoms with Crippen LogP contribution in [0, 0.1) is 5.82 Å². The quantitative estimate of drug-likeness (QED) is 0.937. The molecule has 4 heteroatoms. The Hall–Kier alpha value is -1.52. The van der Waals surface area contributed by atoms with Gasteiger partial charge in [-0.25, -0.2) is 4.39 Å². The first-order valence-electron chi connectivity index (χ1n) is 6.45. The molecule has 0 aromatic heterocycles. The van der Waals surface area contributed by atoms with Gasteiger partial charge in [0.15, 0.2) is 0 Å². The van der Waals surface area contributed by atoms with Gasteiger partial charge in [-0.15, -0.1) is 11.8 Å². The summed E-state index contributed by atoms with van der Waals surface area (Å²) < 4.78 is 19.0. The number of hydrogen-bond acceptors (Lipinski definition) is 3. The number of fused-ring (bicyclic) bond motifs is 1. The Kier molecular flexibility index (Phi) is 3.68. The fourth-order valence-corrected chi connectivity index (χ4v) is 3.78. The van der Waals surface area contributed by atoms with Crippen LogP contribution in [0.5, 0.6) is 5.75 Å². The summed E-state index contributed by atoms with van der Waals surface area (Å²) in [7, 11) is 1.49. The molecule has 2 aromatic rings. The topological polar surface area (TPSA) is 29.5 Å². The first-order valence-corrected chi connectivity index (χ1v) is 7.33. The maximum atomic E-state index is 14.0. The molecule has 0 bridgehead atoms. The predicted molar refractivity (Wildman–Crippen MR) is 77.7 cm³/mol. The molecule has 3 rings (SSSR count). The molecule has 0 fully saturated rings. The second-order valence-electron chi connectivity index (χ2n) is 4.80. The molecule has 0 aliphatic carbocycles. The zero-order chi connectivity index (χ0) is 14.1. The third kappa shape index (κ3) is 2.41. The Morgan fingerprint density at radius 1 is 1.30 bits per heavy atom. The summed E-state index contributed by atoms with van der Waals surface area (Å²) in [6, 6.07) is 12.6. The van der Waals surface area contributed by atoms with Crippen molar-refractivity contribution in [1.29, 1.82) is 0 Å². The second-order valence-corrected chi connectivity index (χ2v) is 6.08. The Morgan fingerprint density at radius 2 is 2.10 bits per heavy atom. The summed E-state index contributed by atoms with van der Waals surface area (Å²) in [5, 5.41) is 10.4. The first kappa shape index (κ1) is 13.5. The van der Waals surface area contributed by atoms with Crippen molar-refractivity contribution in [2.24, 2.45) is 0 Å². The van der Waals surface area contributed by atoms with E-state index >= 15 is 0 Å². The van der Waals surface area contributed by atoms with Crippen LogP contribution in [-0.4, -0.2) is 17.5 Å². The molecule has 0 radical (unpaired) electrons. The van der Waals surface area contributed by atoms with Gasteiger partial charge < -0.3 is 9.84 Å². The van der Waals surface area contributed by atoms with Crippen LogP contribution in [0.1, 0.15) is 17.2 Å². The third-order valence-corrected chi connectivity index (χ3v) is 4.93. The van der Waals surface area contributed by atoms with Gasteiger partial charge in [-0.05, 0) is 30.2 Å². The van der Waals surface area contributed by atoms with E-state index < -0.39 is 11.9 Å². The Labute approximate surface area is 121 Å². The van der Waals surface area contributed by atoms with E-state index in [1.165, 1.54) is 23.6 Å². The zero-order valence-electron chi connectivity index (χ0n) is 11.0. The molecule has 2 aromatic carbocycles. The zero-order valence-corrected chi connectivity index (χ0v) is 11.9. The minimum atomic E-state index is -0.821. The predicted octanol–water partition coefficient (Wildman–Crippen LogP) is 3.58.